The fourth-order valence-corrected chi connectivity index (χ4v) is 3.91. The Hall–Kier alpha value is -2.56. The van der Waals surface area contributed by atoms with Gasteiger partial charge in [-0.05, 0) is 36.0 Å². The summed E-state index contributed by atoms with van der Waals surface area (Å²) in [5, 5.41) is 3.13. The second-order valence-corrected chi connectivity index (χ2v) is 6.52. The van der Waals surface area contributed by atoms with Gasteiger partial charge in [0.25, 0.3) is 5.91 Å². The SMILES string of the molecule is Cn1cc(C(N)=O)cc1C(=O)NC1C2CCc3ccccc3C21. The van der Waals surface area contributed by atoms with Gasteiger partial charge in [-0.15, -0.1) is 0 Å². The minimum Gasteiger partial charge on any atom is -0.366 e. The third-order valence-corrected chi connectivity index (χ3v) is 5.15. The van der Waals surface area contributed by atoms with E-state index < -0.39 is 5.91 Å². The number of amides is 2. The molecule has 4 rings (SSSR count). The van der Waals surface area contributed by atoms with Crippen molar-refractivity contribution in [1.82, 2.24) is 9.88 Å². The van der Waals surface area contributed by atoms with Crippen LogP contribution in [0.1, 0.15) is 44.3 Å². The Morgan fingerprint density at radius 1 is 1.30 bits per heavy atom. The van der Waals surface area contributed by atoms with Gasteiger partial charge in [-0.3, -0.25) is 9.59 Å². The highest BCUT2D eigenvalue weighted by atomic mass is 16.2. The lowest BCUT2D eigenvalue weighted by Crippen LogP contribution is -2.29. The average Bonchev–Trinajstić information content (AvgIpc) is 3.09. The number of hydrogen-bond acceptors (Lipinski definition) is 2. The van der Waals surface area contributed by atoms with Crippen molar-refractivity contribution in [3.63, 3.8) is 0 Å². The number of aromatic nitrogens is 1. The molecule has 23 heavy (non-hydrogen) atoms. The van der Waals surface area contributed by atoms with E-state index in [2.05, 4.69) is 29.6 Å². The first-order valence-corrected chi connectivity index (χ1v) is 7.91. The van der Waals surface area contributed by atoms with E-state index in [0.717, 1.165) is 12.8 Å². The second kappa shape index (κ2) is 4.98. The topological polar surface area (TPSA) is 77.1 Å². The lowest BCUT2D eigenvalue weighted by atomic mass is 9.92. The molecule has 0 radical (unpaired) electrons. The van der Waals surface area contributed by atoms with Gasteiger partial charge < -0.3 is 15.6 Å². The molecule has 3 N–H and O–H groups in total. The number of carbonyl (C=O) groups is 2. The van der Waals surface area contributed by atoms with Gasteiger partial charge in [0.2, 0.25) is 5.91 Å². The van der Waals surface area contributed by atoms with Gasteiger partial charge in [0.15, 0.2) is 0 Å². The lowest BCUT2D eigenvalue weighted by Gasteiger charge is -2.13. The summed E-state index contributed by atoms with van der Waals surface area (Å²) in [4.78, 5) is 23.8. The molecule has 118 valence electrons. The smallest absolute Gasteiger partial charge is 0.268 e. The lowest BCUT2D eigenvalue weighted by molar-refractivity contribution is 0.0940. The maximum atomic E-state index is 12.5. The fourth-order valence-electron chi connectivity index (χ4n) is 3.91. The zero-order chi connectivity index (χ0) is 16.1. The van der Waals surface area contributed by atoms with Gasteiger partial charge in [0.05, 0.1) is 5.56 Å². The Kier molecular flexibility index (Phi) is 3.04. The number of primary amides is 1. The predicted octanol–water partition coefficient (Wildman–Crippen LogP) is 1.58. The molecule has 1 heterocycles. The minimum atomic E-state index is -0.520. The number of fused-ring (bicyclic) bond motifs is 3. The van der Waals surface area contributed by atoms with E-state index in [1.54, 1.807) is 23.9 Å². The molecule has 1 saturated carbocycles. The maximum Gasteiger partial charge on any atom is 0.268 e. The van der Waals surface area contributed by atoms with Crippen LogP contribution in [0.4, 0.5) is 0 Å². The van der Waals surface area contributed by atoms with Crippen LogP contribution in [0.2, 0.25) is 0 Å². The standard InChI is InChI=1S/C18H19N3O2/c1-21-9-11(17(19)22)8-14(21)18(23)20-16-13-7-6-10-4-2-3-5-12(10)15(13)16/h2-5,8-9,13,15-16H,6-7H2,1H3,(H2,19,22)(H,20,23). The van der Waals surface area contributed by atoms with E-state index in [1.165, 1.54) is 11.1 Å². The van der Waals surface area contributed by atoms with Crippen LogP contribution >= 0.6 is 0 Å². The third-order valence-electron chi connectivity index (χ3n) is 5.15. The molecule has 5 nitrogen and oxygen atoms in total. The highest BCUT2D eigenvalue weighted by Gasteiger charge is 2.53. The number of aryl methyl sites for hydroxylation is 2. The van der Waals surface area contributed by atoms with Crippen molar-refractivity contribution in [3.8, 4) is 0 Å². The summed E-state index contributed by atoms with van der Waals surface area (Å²) in [5.74, 6) is 0.301. The zero-order valence-electron chi connectivity index (χ0n) is 13.0. The van der Waals surface area contributed by atoms with E-state index in [-0.39, 0.29) is 11.9 Å². The Morgan fingerprint density at radius 3 is 2.83 bits per heavy atom. The fraction of sp³-hybridized carbons (Fsp3) is 0.333. The van der Waals surface area contributed by atoms with Gasteiger partial charge in [0, 0.05) is 25.2 Å². The van der Waals surface area contributed by atoms with Crippen LogP contribution in [-0.2, 0) is 13.5 Å². The van der Waals surface area contributed by atoms with Crippen LogP contribution in [0.15, 0.2) is 36.5 Å². The van der Waals surface area contributed by atoms with Crippen molar-refractivity contribution in [2.75, 3.05) is 0 Å². The Balaban J connectivity index is 1.52. The number of benzene rings is 1. The summed E-state index contributed by atoms with van der Waals surface area (Å²) < 4.78 is 1.65. The van der Waals surface area contributed by atoms with Crippen molar-refractivity contribution < 1.29 is 9.59 Å². The van der Waals surface area contributed by atoms with Gasteiger partial charge in [-0.2, -0.15) is 0 Å². The van der Waals surface area contributed by atoms with E-state index in [1.807, 2.05) is 0 Å². The molecule has 0 spiro atoms. The number of nitrogens with zero attached hydrogens (tertiary/aromatic N) is 1. The average molecular weight is 309 g/mol. The Morgan fingerprint density at radius 2 is 2.09 bits per heavy atom. The van der Waals surface area contributed by atoms with Crippen LogP contribution in [-0.4, -0.2) is 22.4 Å². The van der Waals surface area contributed by atoms with Crippen LogP contribution in [0.5, 0.6) is 0 Å². The molecule has 0 bridgehead atoms. The van der Waals surface area contributed by atoms with Crippen LogP contribution in [0.3, 0.4) is 0 Å². The summed E-state index contributed by atoms with van der Waals surface area (Å²) >= 11 is 0. The van der Waals surface area contributed by atoms with E-state index in [0.29, 0.717) is 23.1 Å². The van der Waals surface area contributed by atoms with Crippen molar-refractivity contribution in [2.45, 2.75) is 24.8 Å². The molecule has 3 atom stereocenters. The molecule has 5 heteroatoms. The molecule has 2 aliphatic carbocycles. The molecule has 0 aliphatic heterocycles. The third kappa shape index (κ3) is 2.23. The molecule has 2 aliphatic rings. The molecular weight excluding hydrogens is 290 g/mol. The number of nitrogens with two attached hydrogens (primary N) is 1. The molecule has 2 aromatic rings. The monoisotopic (exact) mass is 309 g/mol. The first-order chi connectivity index (χ1) is 11.1. The molecule has 1 aromatic carbocycles. The summed E-state index contributed by atoms with van der Waals surface area (Å²) in [6.45, 7) is 0. The van der Waals surface area contributed by atoms with E-state index >= 15 is 0 Å². The van der Waals surface area contributed by atoms with Gasteiger partial charge in [-0.25, -0.2) is 0 Å². The zero-order valence-corrected chi connectivity index (χ0v) is 13.0. The molecule has 1 fully saturated rings. The minimum absolute atomic E-state index is 0.142. The largest absolute Gasteiger partial charge is 0.366 e. The van der Waals surface area contributed by atoms with Gasteiger partial charge >= 0.3 is 0 Å². The Labute approximate surface area is 134 Å². The second-order valence-electron chi connectivity index (χ2n) is 6.52. The van der Waals surface area contributed by atoms with Gasteiger partial charge in [0.1, 0.15) is 5.69 Å². The van der Waals surface area contributed by atoms with Gasteiger partial charge in [-0.1, -0.05) is 24.3 Å². The number of carbonyl (C=O) groups excluding carboxylic acids is 2. The number of hydrogen-bond donors (Lipinski definition) is 2. The normalized spacial score (nSPS) is 24.5. The van der Waals surface area contributed by atoms with Crippen LogP contribution in [0.25, 0.3) is 0 Å². The molecule has 0 saturated heterocycles. The molecule has 3 unspecified atom stereocenters. The maximum absolute atomic E-state index is 12.5. The molecule has 1 aromatic heterocycles. The quantitative estimate of drug-likeness (QED) is 0.903. The molecule has 2 amide bonds. The van der Waals surface area contributed by atoms with Crippen molar-refractivity contribution in [3.05, 3.63) is 58.9 Å². The van der Waals surface area contributed by atoms with Crippen LogP contribution in [0, 0.1) is 5.92 Å². The van der Waals surface area contributed by atoms with E-state index in [9.17, 15) is 9.59 Å². The summed E-state index contributed by atoms with van der Waals surface area (Å²) in [7, 11) is 1.75. The molecular formula is C18H19N3O2. The van der Waals surface area contributed by atoms with Crippen LogP contribution < -0.4 is 11.1 Å². The summed E-state index contributed by atoms with van der Waals surface area (Å²) in [6, 6.07) is 10.2. The van der Waals surface area contributed by atoms with Crippen molar-refractivity contribution in [1.29, 1.82) is 0 Å². The number of nitrogens with one attached hydrogen (secondary N) is 1. The van der Waals surface area contributed by atoms with E-state index in [4.69, 9.17) is 5.73 Å². The van der Waals surface area contributed by atoms with Crippen molar-refractivity contribution in [2.24, 2.45) is 18.7 Å². The Bertz CT molecular complexity index is 808. The summed E-state index contributed by atoms with van der Waals surface area (Å²) in [5.41, 5.74) is 8.88. The predicted molar refractivity (Wildman–Crippen MR) is 86.2 cm³/mol. The number of rotatable bonds is 3. The first-order valence-electron chi connectivity index (χ1n) is 7.91. The summed E-state index contributed by atoms with van der Waals surface area (Å²) in [6.07, 6.45) is 3.79. The highest BCUT2D eigenvalue weighted by molar-refractivity contribution is 5.99. The first kappa shape index (κ1) is 14.1. The highest BCUT2D eigenvalue weighted by Crippen LogP contribution is 2.54. The van der Waals surface area contributed by atoms with Crippen molar-refractivity contribution >= 4 is 11.8 Å².